The number of hydrogen-bond donors (Lipinski definition) is 1. The van der Waals surface area contributed by atoms with Gasteiger partial charge in [-0.3, -0.25) is 9.69 Å². The number of benzene rings is 1. The van der Waals surface area contributed by atoms with Crippen molar-refractivity contribution < 1.29 is 4.79 Å². The summed E-state index contributed by atoms with van der Waals surface area (Å²) in [5.41, 5.74) is 4.50. The van der Waals surface area contributed by atoms with Crippen molar-refractivity contribution in [3.8, 4) is 0 Å². The van der Waals surface area contributed by atoms with E-state index >= 15 is 0 Å². The Bertz CT molecular complexity index is 473. The van der Waals surface area contributed by atoms with E-state index in [1.54, 1.807) is 0 Å². The normalized spacial score (nSPS) is 19.9. The number of carbonyl (C=O) groups excluding carboxylic acids is 1. The van der Waals surface area contributed by atoms with Gasteiger partial charge in [0.15, 0.2) is 0 Å². The van der Waals surface area contributed by atoms with Crippen LogP contribution in [0, 0.1) is 26.7 Å². The van der Waals surface area contributed by atoms with Crippen LogP contribution in [0.15, 0.2) is 12.1 Å². The summed E-state index contributed by atoms with van der Waals surface area (Å²) < 4.78 is 0. The fourth-order valence-electron chi connectivity index (χ4n) is 3.19. The minimum Gasteiger partial charge on any atom is -0.324 e. The second-order valence-corrected chi connectivity index (χ2v) is 6.30. The van der Waals surface area contributed by atoms with Crippen molar-refractivity contribution in [3.05, 3.63) is 28.8 Å². The van der Waals surface area contributed by atoms with E-state index in [0.29, 0.717) is 12.5 Å². The largest absolute Gasteiger partial charge is 0.324 e. The van der Waals surface area contributed by atoms with E-state index < -0.39 is 0 Å². The van der Waals surface area contributed by atoms with E-state index in [9.17, 15) is 4.79 Å². The molecule has 0 aliphatic carbocycles. The summed E-state index contributed by atoms with van der Waals surface area (Å²) in [7, 11) is 0. The fourth-order valence-corrected chi connectivity index (χ4v) is 3.19. The zero-order valence-corrected chi connectivity index (χ0v) is 13.1. The number of piperidine rings is 1. The molecule has 1 aromatic carbocycles. The topological polar surface area (TPSA) is 32.3 Å². The summed E-state index contributed by atoms with van der Waals surface area (Å²) in [6, 6.07) is 4.23. The molecule has 110 valence electrons. The predicted molar refractivity (Wildman–Crippen MR) is 84.1 cm³/mol. The zero-order valence-electron chi connectivity index (χ0n) is 13.1. The molecule has 20 heavy (non-hydrogen) atoms. The minimum absolute atomic E-state index is 0.106. The van der Waals surface area contributed by atoms with Crippen molar-refractivity contribution in [2.45, 2.75) is 40.5 Å². The van der Waals surface area contributed by atoms with Crippen molar-refractivity contribution in [3.63, 3.8) is 0 Å². The summed E-state index contributed by atoms with van der Waals surface area (Å²) in [5, 5.41) is 3.09. The number of hydrogen-bond acceptors (Lipinski definition) is 2. The first-order valence-corrected chi connectivity index (χ1v) is 7.55. The van der Waals surface area contributed by atoms with Gasteiger partial charge in [-0.05, 0) is 57.2 Å². The summed E-state index contributed by atoms with van der Waals surface area (Å²) >= 11 is 0. The van der Waals surface area contributed by atoms with Gasteiger partial charge in [-0.1, -0.05) is 24.6 Å². The van der Waals surface area contributed by atoms with Crippen LogP contribution < -0.4 is 5.32 Å². The van der Waals surface area contributed by atoms with Crippen molar-refractivity contribution in [1.29, 1.82) is 0 Å². The first kappa shape index (κ1) is 15.0. The first-order valence-electron chi connectivity index (χ1n) is 7.55. The van der Waals surface area contributed by atoms with Crippen LogP contribution in [0.25, 0.3) is 0 Å². The van der Waals surface area contributed by atoms with Crippen LogP contribution in [0.5, 0.6) is 0 Å². The molecule has 0 spiro atoms. The third-order valence-electron chi connectivity index (χ3n) is 4.05. The van der Waals surface area contributed by atoms with Crippen LogP contribution in [0.3, 0.4) is 0 Å². The molecule has 1 fully saturated rings. The van der Waals surface area contributed by atoms with Crippen LogP contribution in [0.2, 0.25) is 0 Å². The van der Waals surface area contributed by atoms with Crippen LogP contribution in [0.4, 0.5) is 5.69 Å². The molecule has 0 aromatic heterocycles. The number of rotatable bonds is 3. The Labute approximate surface area is 122 Å². The number of nitrogens with one attached hydrogen (secondary N) is 1. The monoisotopic (exact) mass is 274 g/mol. The molecule has 1 aliphatic heterocycles. The maximum atomic E-state index is 12.2. The Morgan fingerprint density at radius 3 is 2.55 bits per heavy atom. The molecule has 0 saturated carbocycles. The maximum Gasteiger partial charge on any atom is 0.238 e. The molecule has 1 saturated heterocycles. The summed E-state index contributed by atoms with van der Waals surface area (Å²) in [6.45, 7) is 11.1. The molecule has 0 bridgehead atoms. The number of nitrogens with zero attached hydrogens (tertiary/aromatic N) is 1. The number of likely N-dealkylation sites (tertiary alicyclic amines) is 1. The summed E-state index contributed by atoms with van der Waals surface area (Å²) in [4.78, 5) is 14.5. The SMILES string of the molecule is Cc1cc(C)c(NC(=O)CN2CCC[C@H](C)C2)c(C)c1. The Morgan fingerprint density at radius 1 is 1.30 bits per heavy atom. The Balaban J connectivity index is 1.98. The van der Waals surface area contributed by atoms with E-state index in [1.165, 1.54) is 18.4 Å². The minimum atomic E-state index is 0.106. The van der Waals surface area contributed by atoms with Gasteiger partial charge in [0.1, 0.15) is 0 Å². The molecule has 0 radical (unpaired) electrons. The predicted octanol–water partition coefficient (Wildman–Crippen LogP) is 3.28. The molecule has 3 nitrogen and oxygen atoms in total. The highest BCUT2D eigenvalue weighted by Crippen LogP contribution is 2.22. The van der Waals surface area contributed by atoms with E-state index in [-0.39, 0.29) is 5.91 Å². The number of carbonyl (C=O) groups is 1. The zero-order chi connectivity index (χ0) is 14.7. The first-order chi connectivity index (χ1) is 9.45. The van der Waals surface area contributed by atoms with Gasteiger partial charge in [-0.2, -0.15) is 0 Å². The van der Waals surface area contributed by atoms with Crippen molar-refractivity contribution in [2.24, 2.45) is 5.92 Å². The van der Waals surface area contributed by atoms with Gasteiger partial charge >= 0.3 is 0 Å². The lowest BCUT2D eigenvalue weighted by Crippen LogP contribution is -2.39. The smallest absolute Gasteiger partial charge is 0.238 e. The van der Waals surface area contributed by atoms with Crippen molar-refractivity contribution in [1.82, 2.24) is 4.90 Å². The average molecular weight is 274 g/mol. The lowest BCUT2D eigenvalue weighted by molar-refractivity contribution is -0.117. The van der Waals surface area contributed by atoms with Gasteiger partial charge in [0.2, 0.25) is 5.91 Å². The molecular weight excluding hydrogens is 248 g/mol. The van der Waals surface area contributed by atoms with Gasteiger partial charge in [0, 0.05) is 12.2 Å². The third-order valence-corrected chi connectivity index (χ3v) is 4.05. The molecule has 1 heterocycles. The van der Waals surface area contributed by atoms with E-state index in [1.807, 2.05) is 0 Å². The second kappa shape index (κ2) is 6.40. The highest BCUT2D eigenvalue weighted by molar-refractivity contribution is 5.93. The second-order valence-electron chi connectivity index (χ2n) is 6.30. The molecule has 1 aromatic rings. The van der Waals surface area contributed by atoms with E-state index in [0.717, 1.165) is 29.9 Å². The van der Waals surface area contributed by atoms with Gasteiger partial charge in [0.05, 0.1) is 6.54 Å². The fraction of sp³-hybridized carbons (Fsp3) is 0.588. The standard InChI is InChI=1S/C17H26N2O/c1-12-6-5-7-19(10-12)11-16(20)18-17-14(3)8-13(2)9-15(17)4/h8-9,12H,5-7,10-11H2,1-4H3,(H,18,20)/t12-/m0/s1. The quantitative estimate of drug-likeness (QED) is 0.917. The van der Waals surface area contributed by atoms with Gasteiger partial charge in [-0.25, -0.2) is 0 Å². The molecule has 2 rings (SSSR count). The Morgan fingerprint density at radius 2 is 1.95 bits per heavy atom. The van der Waals surface area contributed by atoms with Gasteiger partial charge < -0.3 is 5.32 Å². The van der Waals surface area contributed by atoms with Crippen molar-refractivity contribution >= 4 is 11.6 Å². The third kappa shape index (κ3) is 3.83. The van der Waals surface area contributed by atoms with Crippen molar-refractivity contribution in [2.75, 3.05) is 25.0 Å². The van der Waals surface area contributed by atoms with Gasteiger partial charge in [0.25, 0.3) is 0 Å². The lowest BCUT2D eigenvalue weighted by Gasteiger charge is -2.30. The van der Waals surface area contributed by atoms with E-state index in [4.69, 9.17) is 0 Å². The highest BCUT2D eigenvalue weighted by atomic mass is 16.2. The molecule has 1 aliphatic rings. The van der Waals surface area contributed by atoms with Gasteiger partial charge in [-0.15, -0.1) is 0 Å². The molecule has 0 unspecified atom stereocenters. The Kier molecular flexibility index (Phi) is 4.81. The number of aryl methyl sites for hydroxylation is 3. The molecule has 1 N–H and O–H groups in total. The summed E-state index contributed by atoms with van der Waals surface area (Å²) in [6.07, 6.45) is 2.49. The van der Waals surface area contributed by atoms with Crippen LogP contribution in [-0.4, -0.2) is 30.4 Å². The average Bonchev–Trinajstić information content (AvgIpc) is 2.33. The molecule has 1 atom stereocenters. The number of anilines is 1. The van der Waals surface area contributed by atoms with Crippen LogP contribution >= 0.6 is 0 Å². The Hall–Kier alpha value is -1.35. The van der Waals surface area contributed by atoms with Crippen LogP contribution in [-0.2, 0) is 4.79 Å². The van der Waals surface area contributed by atoms with E-state index in [2.05, 4.69) is 50.0 Å². The molecule has 3 heteroatoms. The molecular formula is C17H26N2O. The highest BCUT2D eigenvalue weighted by Gasteiger charge is 2.19. The lowest BCUT2D eigenvalue weighted by atomic mass is 10.0. The molecule has 1 amide bonds. The van der Waals surface area contributed by atoms with Crippen LogP contribution in [0.1, 0.15) is 36.5 Å². The summed E-state index contributed by atoms with van der Waals surface area (Å²) in [5.74, 6) is 0.813. The number of amides is 1. The maximum absolute atomic E-state index is 12.2.